The molecule has 1 saturated heterocycles. The highest BCUT2D eigenvalue weighted by atomic mass is 16.5. The van der Waals surface area contributed by atoms with Crippen LogP contribution in [0.25, 0.3) is 0 Å². The van der Waals surface area contributed by atoms with Crippen molar-refractivity contribution in [3.05, 3.63) is 0 Å². The molecule has 2 heteroatoms. The lowest BCUT2D eigenvalue weighted by Gasteiger charge is -2.40. The van der Waals surface area contributed by atoms with Gasteiger partial charge in [0.05, 0.1) is 0 Å². The van der Waals surface area contributed by atoms with E-state index in [-0.39, 0.29) is 10.2 Å². The van der Waals surface area contributed by atoms with Gasteiger partial charge in [-0.25, -0.2) is 5.21 Å². The van der Waals surface area contributed by atoms with E-state index in [0.29, 0.717) is 0 Å². The quantitative estimate of drug-likeness (QED) is 0.557. The van der Waals surface area contributed by atoms with Crippen LogP contribution in [0, 0.1) is 0 Å². The molecule has 1 aliphatic rings. The smallest absolute Gasteiger partial charge is 0.120 e. The van der Waals surface area contributed by atoms with Crippen LogP contribution in [0.4, 0.5) is 0 Å². The maximum atomic E-state index is 10.3. The van der Waals surface area contributed by atoms with Crippen LogP contribution >= 0.6 is 0 Å². The fraction of sp³-hybridized carbons (Fsp3) is 1.00. The van der Waals surface area contributed by atoms with Gasteiger partial charge in [-0.2, -0.15) is 4.65 Å². The molecule has 0 aromatic heterocycles. The molecule has 0 amide bonds. The third-order valence-electron chi connectivity index (χ3n) is 3.05. The Morgan fingerprint density at radius 1 is 0.917 bits per heavy atom. The van der Waals surface area contributed by atoms with Gasteiger partial charge in [0.25, 0.3) is 0 Å². The molecule has 1 N–H and O–H groups in total. The van der Waals surface area contributed by atoms with E-state index >= 15 is 0 Å². The number of rotatable bonds is 0. The first-order chi connectivity index (χ1) is 5.46. The number of likely N-dealkylation sites (tertiary alicyclic amines) is 1. The summed E-state index contributed by atoms with van der Waals surface area (Å²) in [7, 11) is 0. The van der Waals surface area contributed by atoms with E-state index in [1.165, 1.54) is 25.7 Å². The first kappa shape index (κ1) is 10.0. The third kappa shape index (κ3) is 1.99. The summed E-state index contributed by atoms with van der Waals surface area (Å²) in [5.41, 5.74) is -0.00958. The van der Waals surface area contributed by atoms with Crippen molar-refractivity contribution >= 4 is 0 Å². The highest BCUT2D eigenvalue weighted by Gasteiger charge is 2.39. The zero-order chi connectivity index (χ0) is 9.24. The molecule has 0 saturated carbocycles. The van der Waals surface area contributed by atoms with Crippen molar-refractivity contribution in [3.8, 4) is 0 Å². The van der Waals surface area contributed by atoms with Crippen molar-refractivity contribution in [1.29, 1.82) is 0 Å². The third-order valence-corrected chi connectivity index (χ3v) is 3.05. The SMILES string of the molecule is CC(C)(C)[N+]1(O)CCCCCC1. The van der Waals surface area contributed by atoms with E-state index in [9.17, 15) is 5.21 Å². The number of nitrogens with zero attached hydrogens (tertiary/aromatic N) is 1. The molecule has 1 rings (SSSR count). The second kappa shape index (κ2) is 3.35. The van der Waals surface area contributed by atoms with Crippen LogP contribution in [-0.2, 0) is 0 Å². The molecule has 1 fully saturated rings. The first-order valence-corrected chi connectivity index (χ1v) is 5.06. The molecule has 72 valence electrons. The summed E-state index contributed by atoms with van der Waals surface area (Å²) < 4.78 is 0.271. The van der Waals surface area contributed by atoms with Gasteiger partial charge in [-0.1, -0.05) is 0 Å². The van der Waals surface area contributed by atoms with Crippen molar-refractivity contribution in [3.63, 3.8) is 0 Å². The van der Waals surface area contributed by atoms with E-state index in [0.717, 1.165) is 13.1 Å². The predicted octanol–water partition coefficient (Wildman–Crippen LogP) is 2.56. The molecule has 0 unspecified atom stereocenters. The Kier molecular flexibility index (Phi) is 2.79. The number of hydrogen-bond donors (Lipinski definition) is 1. The monoisotopic (exact) mass is 172 g/mol. The number of hydroxylamine groups is 3. The van der Waals surface area contributed by atoms with E-state index in [1.807, 2.05) is 0 Å². The van der Waals surface area contributed by atoms with Crippen LogP contribution < -0.4 is 0 Å². The van der Waals surface area contributed by atoms with Gasteiger partial charge in [-0.3, -0.25) is 0 Å². The lowest BCUT2D eigenvalue weighted by Crippen LogP contribution is -2.58. The van der Waals surface area contributed by atoms with Crippen LogP contribution in [0.3, 0.4) is 0 Å². The molecule has 12 heavy (non-hydrogen) atoms. The maximum absolute atomic E-state index is 10.3. The second-order valence-corrected chi connectivity index (χ2v) is 4.95. The Hall–Kier alpha value is -0.0800. The summed E-state index contributed by atoms with van der Waals surface area (Å²) in [4.78, 5) is 0. The zero-order valence-electron chi connectivity index (χ0n) is 8.64. The number of hydrogen-bond acceptors (Lipinski definition) is 1. The molecule has 0 bridgehead atoms. The van der Waals surface area contributed by atoms with Crippen molar-refractivity contribution in [2.24, 2.45) is 0 Å². The van der Waals surface area contributed by atoms with Gasteiger partial charge in [0.1, 0.15) is 18.6 Å². The minimum Gasteiger partial charge on any atom is -0.217 e. The van der Waals surface area contributed by atoms with Gasteiger partial charge in [0.2, 0.25) is 0 Å². The van der Waals surface area contributed by atoms with E-state index in [2.05, 4.69) is 20.8 Å². The Morgan fingerprint density at radius 2 is 1.33 bits per heavy atom. The summed E-state index contributed by atoms with van der Waals surface area (Å²) in [6.45, 7) is 8.24. The van der Waals surface area contributed by atoms with Crippen LogP contribution in [0.2, 0.25) is 0 Å². The Balaban J connectivity index is 2.67. The molecule has 2 nitrogen and oxygen atoms in total. The lowest BCUT2D eigenvalue weighted by molar-refractivity contribution is -1.13. The molecule has 0 atom stereocenters. The highest BCUT2D eigenvalue weighted by molar-refractivity contribution is 4.62. The molecular weight excluding hydrogens is 150 g/mol. The molecule has 0 aromatic rings. The topological polar surface area (TPSA) is 20.2 Å². The van der Waals surface area contributed by atoms with Crippen LogP contribution in [-0.4, -0.2) is 28.5 Å². The lowest BCUT2D eigenvalue weighted by atomic mass is 10.0. The van der Waals surface area contributed by atoms with Crippen molar-refractivity contribution in [2.75, 3.05) is 13.1 Å². The van der Waals surface area contributed by atoms with Crippen LogP contribution in [0.1, 0.15) is 46.5 Å². The van der Waals surface area contributed by atoms with Crippen molar-refractivity contribution in [2.45, 2.75) is 52.0 Å². The Labute approximate surface area is 75.7 Å². The second-order valence-electron chi connectivity index (χ2n) is 4.95. The largest absolute Gasteiger partial charge is 0.217 e. The molecule has 1 heterocycles. The first-order valence-electron chi connectivity index (χ1n) is 5.06. The van der Waals surface area contributed by atoms with Crippen molar-refractivity contribution < 1.29 is 9.85 Å². The van der Waals surface area contributed by atoms with Crippen molar-refractivity contribution in [1.82, 2.24) is 0 Å². The van der Waals surface area contributed by atoms with Gasteiger partial charge in [0.15, 0.2) is 0 Å². The molecule has 0 radical (unpaired) electrons. The van der Waals surface area contributed by atoms with Crippen LogP contribution in [0.15, 0.2) is 0 Å². The normalized spacial score (nSPS) is 25.0. The van der Waals surface area contributed by atoms with Gasteiger partial charge >= 0.3 is 0 Å². The fourth-order valence-electron chi connectivity index (χ4n) is 1.88. The average molecular weight is 172 g/mol. The molecular formula is C10H22NO+. The summed E-state index contributed by atoms with van der Waals surface area (Å²) in [6, 6.07) is 0. The van der Waals surface area contributed by atoms with E-state index < -0.39 is 0 Å². The predicted molar refractivity (Wildman–Crippen MR) is 50.0 cm³/mol. The summed E-state index contributed by atoms with van der Waals surface area (Å²) >= 11 is 0. The molecule has 0 aliphatic carbocycles. The van der Waals surface area contributed by atoms with Gasteiger partial charge in [0, 0.05) is 0 Å². The fourth-order valence-corrected chi connectivity index (χ4v) is 1.88. The van der Waals surface area contributed by atoms with Crippen LogP contribution in [0.5, 0.6) is 0 Å². The minimum atomic E-state index is -0.00958. The van der Waals surface area contributed by atoms with Gasteiger partial charge in [-0.15, -0.1) is 0 Å². The standard InChI is InChI=1S/C10H22NO/c1-10(2,3)11(12)8-6-4-5-7-9-11/h12H,4-9H2,1-3H3/q+1. The molecule has 0 aromatic carbocycles. The molecule has 0 spiro atoms. The zero-order valence-corrected chi connectivity index (χ0v) is 8.64. The van der Waals surface area contributed by atoms with E-state index in [1.54, 1.807) is 0 Å². The summed E-state index contributed by atoms with van der Waals surface area (Å²) in [5, 5.41) is 10.3. The summed E-state index contributed by atoms with van der Waals surface area (Å²) in [6.07, 6.45) is 4.93. The number of quaternary nitrogens is 1. The molecule has 1 aliphatic heterocycles. The minimum absolute atomic E-state index is 0.00958. The average Bonchev–Trinajstić information content (AvgIpc) is 2.12. The van der Waals surface area contributed by atoms with Gasteiger partial charge < -0.3 is 0 Å². The Morgan fingerprint density at radius 3 is 1.67 bits per heavy atom. The summed E-state index contributed by atoms with van der Waals surface area (Å²) in [5.74, 6) is 0. The van der Waals surface area contributed by atoms with Gasteiger partial charge in [-0.05, 0) is 46.5 Å². The Bertz CT molecular complexity index is 140. The van der Waals surface area contributed by atoms with E-state index in [4.69, 9.17) is 0 Å². The highest BCUT2D eigenvalue weighted by Crippen LogP contribution is 2.26. The maximum Gasteiger partial charge on any atom is 0.120 e.